The third-order valence-corrected chi connectivity index (χ3v) is 6.30. The highest BCUT2D eigenvalue weighted by Crippen LogP contribution is 2.47. The van der Waals surface area contributed by atoms with Gasteiger partial charge in [0.25, 0.3) is 5.91 Å². The molecule has 2 aliphatic rings. The highest BCUT2D eigenvalue weighted by molar-refractivity contribution is 6.11. The van der Waals surface area contributed by atoms with Crippen molar-refractivity contribution in [3.63, 3.8) is 0 Å². The van der Waals surface area contributed by atoms with Crippen molar-refractivity contribution in [2.75, 3.05) is 25.6 Å². The van der Waals surface area contributed by atoms with Gasteiger partial charge in [0.05, 0.1) is 24.7 Å². The quantitative estimate of drug-likeness (QED) is 0.601. The van der Waals surface area contributed by atoms with E-state index in [0.29, 0.717) is 17.0 Å². The second-order valence-electron chi connectivity index (χ2n) is 8.35. The predicted octanol–water partition coefficient (Wildman–Crippen LogP) is 2.85. The van der Waals surface area contributed by atoms with Crippen molar-refractivity contribution in [1.29, 1.82) is 0 Å². The number of imide groups is 1. The second-order valence-corrected chi connectivity index (χ2v) is 8.35. The summed E-state index contributed by atoms with van der Waals surface area (Å²) < 4.78 is 12.9. The number of aromatic nitrogens is 1. The number of hydrogen-bond donors (Lipinski definition) is 2. The van der Waals surface area contributed by atoms with E-state index in [-0.39, 0.29) is 24.1 Å². The van der Waals surface area contributed by atoms with Crippen molar-refractivity contribution >= 4 is 34.4 Å². The van der Waals surface area contributed by atoms with Gasteiger partial charge in [-0.05, 0) is 35.4 Å². The summed E-state index contributed by atoms with van der Waals surface area (Å²) in [6.45, 7) is 1.05. The first-order valence-corrected chi connectivity index (χ1v) is 10.7. The molecule has 0 radical (unpaired) electrons. The van der Waals surface area contributed by atoms with E-state index < -0.39 is 18.5 Å². The van der Waals surface area contributed by atoms with Gasteiger partial charge >= 0.3 is 5.97 Å². The number of rotatable bonds is 5. The lowest BCUT2D eigenvalue weighted by molar-refractivity contribution is -0.140. The van der Waals surface area contributed by atoms with E-state index in [2.05, 4.69) is 5.32 Å². The molecule has 34 heavy (non-hydrogen) atoms. The molecule has 1 atom stereocenters. The van der Waals surface area contributed by atoms with Gasteiger partial charge in [-0.1, -0.05) is 12.1 Å². The Kier molecular flexibility index (Phi) is 5.04. The van der Waals surface area contributed by atoms with Crippen LogP contribution in [0.15, 0.2) is 53.9 Å². The number of nitrogens with zero attached hydrogens (tertiary/aromatic N) is 2. The molecule has 1 aromatic heterocycles. The van der Waals surface area contributed by atoms with Crippen molar-refractivity contribution in [1.82, 2.24) is 9.47 Å². The highest BCUT2D eigenvalue weighted by atomic mass is 16.5. The molecule has 0 bridgehead atoms. The highest BCUT2D eigenvalue weighted by Gasteiger charge is 2.41. The number of amides is 2. The molecule has 2 amide bonds. The number of nitrogens with one attached hydrogen (secondary N) is 1. The third-order valence-electron chi connectivity index (χ3n) is 6.30. The minimum absolute atomic E-state index is 0.170. The maximum absolute atomic E-state index is 13.5. The molecule has 0 fully saturated rings. The number of anilines is 1. The summed E-state index contributed by atoms with van der Waals surface area (Å²) in [6, 6.07) is 11.1. The lowest BCUT2D eigenvalue weighted by Gasteiger charge is -2.20. The number of carbonyl (C=O) groups excluding carboxylic acids is 2. The Morgan fingerprint density at radius 2 is 2.00 bits per heavy atom. The summed E-state index contributed by atoms with van der Waals surface area (Å²) in [6.07, 6.45) is 2.00. The van der Waals surface area contributed by atoms with Crippen LogP contribution >= 0.6 is 0 Å². The Balaban J connectivity index is 1.72. The fraction of sp³-hybridized carbons (Fsp3) is 0.240. The minimum Gasteiger partial charge on any atom is -0.493 e. The number of carboxylic acid groups (broad SMARTS) is 1. The van der Waals surface area contributed by atoms with Gasteiger partial charge in [0.2, 0.25) is 5.91 Å². The molecule has 0 aliphatic carbocycles. The number of aliphatic carboxylic acids is 1. The van der Waals surface area contributed by atoms with Crippen LogP contribution in [0, 0.1) is 0 Å². The zero-order valence-corrected chi connectivity index (χ0v) is 18.9. The molecule has 2 N–H and O–H groups in total. The number of ether oxygens (including phenoxy) is 2. The summed E-state index contributed by atoms with van der Waals surface area (Å²) in [7, 11) is 3.42. The van der Waals surface area contributed by atoms with Crippen molar-refractivity contribution < 1.29 is 29.0 Å². The zero-order chi connectivity index (χ0) is 24.1. The number of carboxylic acids is 1. The molecule has 9 heteroatoms. The lowest BCUT2D eigenvalue weighted by atomic mass is 9.84. The first-order valence-electron chi connectivity index (χ1n) is 10.7. The molecule has 3 heterocycles. The van der Waals surface area contributed by atoms with E-state index in [9.17, 15) is 14.4 Å². The first kappa shape index (κ1) is 21.6. The molecule has 0 saturated heterocycles. The van der Waals surface area contributed by atoms with Crippen LogP contribution in [-0.2, 0) is 21.4 Å². The van der Waals surface area contributed by atoms with E-state index >= 15 is 0 Å². The third kappa shape index (κ3) is 3.28. The number of hydrogen-bond acceptors (Lipinski definition) is 6. The molecule has 2 aliphatic heterocycles. The SMILES string of the molecule is COc1cc([C@H]2C3=C(CN(C(C)=O)C3=O)Nc3cccc4c3c2cn4C)ccc1OCC(=O)O. The molecule has 5 rings (SSSR count). The predicted molar refractivity (Wildman–Crippen MR) is 124 cm³/mol. The Labute approximate surface area is 195 Å². The number of aryl methyl sites for hydroxylation is 1. The van der Waals surface area contributed by atoms with E-state index in [1.807, 2.05) is 36.0 Å². The molecular weight excluding hydrogens is 438 g/mol. The Hall–Kier alpha value is -4.27. The number of methoxy groups -OCH3 is 1. The lowest BCUT2D eigenvalue weighted by Crippen LogP contribution is -2.33. The molecule has 0 saturated carbocycles. The van der Waals surface area contributed by atoms with Gasteiger partial charge in [0.1, 0.15) is 0 Å². The smallest absolute Gasteiger partial charge is 0.341 e. The van der Waals surface area contributed by atoms with Gasteiger partial charge < -0.3 is 24.5 Å². The largest absolute Gasteiger partial charge is 0.493 e. The van der Waals surface area contributed by atoms with Crippen LogP contribution in [0.5, 0.6) is 11.5 Å². The van der Waals surface area contributed by atoms with Gasteiger partial charge in [-0.2, -0.15) is 0 Å². The van der Waals surface area contributed by atoms with E-state index in [1.165, 1.54) is 18.9 Å². The monoisotopic (exact) mass is 461 g/mol. The van der Waals surface area contributed by atoms with Crippen LogP contribution in [0.2, 0.25) is 0 Å². The Morgan fingerprint density at radius 1 is 1.21 bits per heavy atom. The van der Waals surface area contributed by atoms with Gasteiger partial charge in [-0.3, -0.25) is 14.5 Å². The fourth-order valence-electron chi connectivity index (χ4n) is 4.84. The molecule has 2 aromatic carbocycles. The van der Waals surface area contributed by atoms with E-state index in [0.717, 1.165) is 27.7 Å². The van der Waals surface area contributed by atoms with Gasteiger partial charge in [0, 0.05) is 42.9 Å². The van der Waals surface area contributed by atoms with Crippen LogP contribution < -0.4 is 14.8 Å². The summed E-state index contributed by atoms with van der Waals surface area (Å²) >= 11 is 0. The maximum atomic E-state index is 13.5. The summed E-state index contributed by atoms with van der Waals surface area (Å²) in [5, 5.41) is 13.4. The van der Waals surface area contributed by atoms with Crippen molar-refractivity contribution in [2.24, 2.45) is 7.05 Å². The average Bonchev–Trinajstić information content (AvgIpc) is 3.26. The standard InChI is InChI=1S/C25H23N3O6/c1-13(29)28-11-17-24(25(28)32)22(14-7-8-19(20(9-14)33-3)34-12-21(30)31)15-10-27(2)18-6-4-5-16(26-17)23(15)18/h4-10,22,26H,11-12H2,1-3H3,(H,30,31)/t22-/m1/s1. The van der Waals surface area contributed by atoms with Crippen LogP contribution in [0.4, 0.5) is 5.69 Å². The zero-order valence-electron chi connectivity index (χ0n) is 18.9. The number of carbonyl (C=O) groups is 3. The minimum atomic E-state index is -1.10. The van der Waals surface area contributed by atoms with Crippen LogP contribution in [0.1, 0.15) is 24.0 Å². The average molecular weight is 461 g/mol. The molecule has 0 unspecified atom stereocenters. The second kappa shape index (κ2) is 7.95. The van der Waals surface area contributed by atoms with Crippen molar-refractivity contribution in [3.8, 4) is 11.5 Å². The molecule has 3 aromatic rings. The molecule has 0 spiro atoms. The first-order chi connectivity index (χ1) is 16.3. The van der Waals surface area contributed by atoms with Crippen LogP contribution in [0.3, 0.4) is 0 Å². The van der Waals surface area contributed by atoms with Gasteiger partial charge in [-0.25, -0.2) is 4.79 Å². The molecule has 174 valence electrons. The molecular formula is C25H23N3O6. The summed E-state index contributed by atoms with van der Waals surface area (Å²) in [5.74, 6) is -1.59. The topological polar surface area (TPSA) is 110 Å². The van der Waals surface area contributed by atoms with E-state index in [1.54, 1.807) is 18.2 Å². The summed E-state index contributed by atoms with van der Waals surface area (Å²) in [4.78, 5) is 37.9. The molecule has 9 nitrogen and oxygen atoms in total. The van der Waals surface area contributed by atoms with Gasteiger partial charge in [0.15, 0.2) is 18.1 Å². The normalized spacial score (nSPS) is 16.9. The van der Waals surface area contributed by atoms with Crippen molar-refractivity contribution in [3.05, 3.63) is 65.0 Å². The number of benzene rings is 2. The van der Waals surface area contributed by atoms with E-state index in [4.69, 9.17) is 14.6 Å². The Bertz CT molecular complexity index is 1400. The van der Waals surface area contributed by atoms with Gasteiger partial charge in [-0.15, -0.1) is 0 Å². The van der Waals surface area contributed by atoms with Crippen LogP contribution in [0.25, 0.3) is 10.9 Å². The maximum Gasteiger partial charge on any atom is 0.341 e. The summed E-state index contributed by atoms with van der Waals surface area (Å²) in [5.41, 5.74) is 4.74. The van der Waals surface area contributed by atoms with Crippen molar-refractivity contribution in [2.45, 2.75) is 12.8 Å². The van der Waals surface area contributed by atoms with Crippen LogP contribution in [-0.4, -0.2) is 52.6 Å². The Morgan fingerprint density at radius 3 is 2.71 bits per heavy atom. The fourth-order valence-corrected chi connectivity index (χ4v) is 4.84.